The molecule has 3 heterocycles. The van der Waals surface area contributed by atoms with E-state index >= 15 is 0 Å². The van der Waals surface area contributed by atoms with Crippen molar-refractivity contribution >= 4 is 28.5 Å². The van der Waals surface area contributed by atoms with Crippen LogP contribution in [0.4, 0.5) is 0 Å². The summed E-state index contributed by atoms with van der Waals surface area (Å²) in [5.41, 5.74) is 3.81. The summed E-state index contributed by atoms with van der Waals surface area (Å²) in [6.45, 7) is 6.41. The van der Waals surface area contributed by atoms with E-state index in [1.165, 1.54) is 18.2 Å². The van der Waals surface area contributed by atoms with Gasteiger partial charge in [0.15, 0.2) is 0 Å². The second-order valence-corrected chi connectivity index (χ2v) is 11.2. The standard InChI is InChI=1S/C28H30ClN3O3/c1-28(2)20-15-17(16-9-11-31(12-10-16)19-13-18(14-19)26(34)35-3)7-8-22(20)32-23-6-4-5-21(29)24(23)25(33)30-27(28)32/h4-8,15-16,18-19H,9-14H2,1-3H3. The molecule has 7 heteroatoms. The van der Waals surface area contributed by atoms with Gasteiger partial charge in [-0.25, -0.2) is 0 Å². The average molecular weight is 492 g/mol. The van der Waals surface area contributed by atoms with Gasteiger partial charge in [0.2, 0.25) is 0 Å². The molecule has 0 radical (unpaired) electrons. The number of piperidine rings is 1. The van der Waals surface area contributed by atoms with E-state index in [-0.39, 0.29) is 22.9 Å². The molecule has 3 aromatic rings. The molecule has 35 heavy (non-hydrogen) atoms. The SMILES string of the molecule is COC(=O)C1CC(N2CCC(c3ccc4c(c3)C(C)(C)c3nc(=O)c5c(Cl)cccc5n3-4)CC2)C1. The fourth-order valence-electron chi connectivity index (χ4n) is 6.36. The zero-order chi connectivity index (χ0) is 24.5. The van der Waals surface area contributed by atoms with Crippen molar-refractivity contribution in [1.82, 2.24) is 14.5 Å². The van der Waals surface area contributed by atoms with Gasteiger partial charge in [-0.15, -0.1) is 0 Å². The summed E-state index contributed by atoms with van der Waals surface area (Å²) in [6.07, 6.45) is 4.07. The lowest BCUT2D eigenvalue weighted by molar-refractivity contribution is -0.151. The minimum absolute atomic E-state index is 0.0654. The van der Waals surface area contributed by atoms with Crippen LogP contribution in [-0.2, 0) is 14.9 Å². The van der Waals surface area contributed by atoms with Gasteiger partial charge in [-0.2, -0.15) is 4.98 Å². The number of aromatic nitrogens is 2. The van der Waals surface area contributed by atoms with Crippen LogP contribution in [0.25, 0.3) is 16.6 Å². The molecule has 2 fully saturated rings. The molecular weight excluding hydrogens is 462 g/mol. The summed E-state index contributed by atoms with van der Waals surface area (Å²) < 4.78 is 7.00. The molecule has 1 saturated heterocycles. The summed E-state index contributed by atoms with van der Waals surface area (Å²) in [5.74, 6) is 1.29. The van der Waals surface area contributed by atoms with Crippen molar-refractivity contribution in [3.8, 4) is 5.69 Å². The number of benzene rings is 2. The van der Waals surface area contributed by atoms with Gasteiger partial charge >= 0.3 is 5.97 Å². The first-order chi connectivity index (χ1) is 16.8. The quantitative estimate of drug-likeness (QED) is 0.492. The molecule has 1 aliphatic carbocycles. The molecule has 182 valence electrons. The van der Waals surface area contributed by atoms with Crippen LogP contribution in [0.2, 0.25) is 5.02 Å². The first-order valence-corrected chi connectivity index (χ1v) is 12.9. The van der Waals surface area contributed by atoms with Crippen LogP contribution in [-0.4, -0.2) is 46.7 Å². The van der Waals surface area contributed by atoms with Crippen molar-refractivity contribution in [1.29, 1.82) is 0 Å². The maximum absolute atomic E-state index is 12.9. The maximum Gasteiger partial charge on any atom is 0.308 e. The largest absolute Gasteiger partial charge is 0.469 e. The van der Waals surface area contributed by atoms with Crippen molar-refractivity contribution in [2.75, 3.05) is 20.2 Å². The number of nitrogens with zero attached hydrogens (tertiary/aromatic N) is 3. The Hall–Kier alpha value is -2.70. The highest BCUT2D eigenvalue weighted by Gasteiger charge is 2.41. The Bertz CT molecular complexity index is 1400. The third-order valence-corrected chi connectivity index (χ3v) is 8.84. The zero-order valence-electron chi connectivity index (χ0n) is 20.4. The van der Waals surface area contributed by atoms with E-state index in [4.69, 9.17) is 16.3 Å². The molecule has 1 aromatic heterocycles. The van der Waals surface area contributed by atoms with E-state index in [1.54, 1.807) is 6.07 Å². The number of carbonyl (C=O) groups excluding carboxylic acids is 1. The molecule has 1 saturated carbocycles. The molecule has 0 N–H and O–H groups in total. The number of ether oxygens (including phenoxy) is 1. The highest BCUT2D eigenvalue weighted by atomic mass is 35.5. The Kier molecular flexibility index (Phi) is 5.31. The number of likely N-dealkylation sites (tertiary alicyclic amines) is 1. The zero-order valence-corrected chi connectivity index (χ0v) is 21.1. The van der Waals surface area contributed by atoms with E-state index in [0.29, 0.717) is 22.4 Å². The average Bonchev–Trinajstić information content (AvgIpc) is 3.05. The Labute approximate surface area is 209 Å². The number of carbonyl (C=O) groups is 1. The molecule has 2 aromatic carbocycles. The summed E-state index contributed by atoms with van der Waals surface area (Å²) >= 11 is 6.39. The highest BCUT2D eigenvalue weighted by molar-refractivity contribution is 6.35. The molecule has 0 bridgehead atoms. The van der Waals surface area contributed by atoms with Crippen molar-refractivity contribution in [2.45, 2.75) is 56.9 Å². The third-order valence-electron chi connectivity index (χ3n) is 8.52. The van der Waals surface area contributed by atoms with Crippen molar-refractivity contribution in [3.63, 3.8) is 0 Å². The topological polar surface area (TPSA) is 64.4 Å². The molecule has 2 aliphatic heterocycles. The first-order valence-electron chi connectivity index (χ1n) is 12.5. The van der Waals surface area contributed by atoms with Crippen LogP contribution in [0.1, 0.15) is 62.4 Å². The smallest absolute Gasteiger partial charge is 0.308 e. The van der Waals surface area contributed by atoms with Gasteiger partial charge in [-0.3, -0.25) is 14.2 Å². The number of esters is 1. The monoisotopic (exact) mass is 491 g/mol. The van der Waals surface area contributed by atoms with Crippen molar-refractivity contribution in [3.05, 3.63) is 68.7 Å². The number of methoxy groups -OCH3 is 1. The predicted molar refractivity (Wildman–Crippen MR) is 137 cm³/mol. The summed E-state index contributed by atoms with van der Waals surface area (Å²) in [7, 11) is 1.48. The van der Waals surface area contributed by atoms with Gasteiger partial charge in [0.1, 0.15) is 5.82 Å². The lowest BCUT2D eigenvalue weighted by Gasteiger charge is -2.44. The van der Waals surface area contributed by atoms with Crippen LogP contribution < -0.4 is 5.56 Å². The van der Waals surface area contributed by atoms with Gasteiger partial charge in [0.05, 0.1) is 40.1 Å². The molecule has 0 atom stereocenters. The summed E-state index contributed by atoms with van der Waals surface area (Å²) in [5, 5.41) is 0.915. The Balaban J connectivity index is 1.26. The minimum Gasteiger partial charge on any atom is -0.469 e. The minimum atomic E-state index is -0.378. The van der Waals surface area contributed by atoms with Gasteiger partial charge < -0.3 is 9.64 Å². The molecular formula is C28H30ClN3O3. The first kappa shape index (κ1) is 22.7. The Morgan fingerprint density at radius 2 is 1.89 bits per heavy atom. The van der Waals surface area contributed by atoms with Crippen LogP contribution in [0, 0.1) is 5.92 Å². The lowest BCUT2D eigenvalue weighted by atomic mass is 9.77. The maximum atomic E-state index is 12.9. The van der Waals surface area contributed by atoms with Crippen LogP contribution in [0.3, 0.4) is 0 Å². The summed E-state index contributed by atoms with van der Waals surface area (Å²) in [6, 6.07) is 12.9. The molecule has 3 aliphatic rings. The predicted octanol–water partition coefficient (Wildman–Crippen LogP) is 4.81. The molecule has 6 nitrogen and oxygen atoms in total. The highest BCUT2D eigenvalue weighted by Crippen LogP contribution is 2.45. The normalized spacial score (nSPS) is 23.5. The molecule has 0 unspecified atom stereocenters. The van der Waals surface area contributed by atoms with Crippen LogP contribution >= 0.6 is 11.6 Å². The molecule has 0 spiro atoms. The number of halogens is 1. The number of rotatable bonds is 3. The van der Waals surface area contributed by atoms with Gasteiger partial charge in [-0.05, 0) is 87.9 Å². The van der Waals surface area contributed by atoms with Gasteiger partial charge in [0.25, 0.3) is 5.56 Å². The second kappa shape index (κ2) is 8.17. The number of hydrogen-bond acceptors (Lipinski definition) is 5. The van der Waals surface area contributed by atoms with Crippen LogP contribution in [0.15, 0.2) is 41.2 Å². The van der Waals surface area contributed by atoms with E-state index in [2.05, 4.69) is 46.5 Å². The molecule has 0 amide bonds. The molecule has 6 rings (SSSR count). The van der Waals surface area contributed by atoms with Crippen LogP contribution in [0.5, 0.6) is 0 Å². The van der Waals surface area contributed by atoms with E-state index in [0.717, 1.165) is 55.8 Å². The lowest BCUT2D eigenvalue weighted by Crippen LogP contribution is -2.49. The van der Waals surface area contributed by atoms with Gasteiger partial charge in [-0.1, -0.05) is 29.8 Å². The summed E-state index contributed by atoms with van der Waals surface area (Å²) in [4.78, 5) is 31.6. The van der Waals surface area contributed by atoms with Gasteiger partial charge in [0, 0.05) is 6.04 Å². The van der Waals surface area contributed by atoms with E-state index in [1.807, 2.05) is 12.1 Å². The fourth-order valence-corrected chi connectivity index (χ4v) is 6.61. The van der Waals surface area contributed by atoms with Crippen molar-refractivity contribution in [2.24, 2.45) is 5.92 Å². The Morgan fingerprint density at radius 1 is 1.14 bits per heavy atom. The number of hydrogen-bond donors (Lipinski definition) is 0. The number of fused-ring (bicyclic) bond motifs is 5. The van der Waals surface area contributed by atoms with E-state index < -0.39 is 0 Å². The second-order valence-electron chi connectivity index (χ2n) is 10.8. The third kappa shape index (κ3) is 3.45. The Morgan fingerprint density at radius 3 is 2.60 bits per heavy atom. The fraction of sp³-hybridized carbons (Fsp3) is 0.464. The van der Waals surface area contributed by atoms with E-state index in [9.17, 15) is 9.59 Å². The van der Waals surface area contributed by atoms with Crippen molar-refractivity contribution < 1.29 is 9.53 Å².